The fraction of sp³-hybridized carbons (Fsp3) is 0.632. The van der Waals surface area contributed by atoms with Crippen LogP contribution in [0, 0.1) is 0 Å². The first-order chi connectivity index (χ1) is 11.6. The fourth-order valence-corrected chi connectivity index (χ4v) is 3.20. The van der Waals surface area contributed by atoms with Crippen molar-refractivity contribution >= 4 is 5.91 Å². The van der Waals surface area contributed by atoms with Gasteiger partial charge in [0.25, 0.3) is 0 Å². The molecule has 0 bridgehead atoms. The zero-order chi connectivity index (χ0) is 18.8. The normalized spacial score (nSPS) is 21.4. The Labute approximate surface area is 149 Å². The van der Waals surface area contributed by atoms with Gasteiger partial charge in [-0.05, 0) is 32.4 Å². The van der Waals surface area contributed by atoms with E-state index >= 15 is 0 Å². The van der Waals surface area contributed by atoms with Gasteiger partial charge >= 0.3 is 0 Å². The van der Waals surface area contributed by atoms with E-state index in [0.717, 1.165) is 11.1 Å². The van der Waals surface area contributed by atoms with Crippen LogP contribution in [0.25, 0.3) is 0 Å². The maximum absolute atomic E-state index is 11.8. The van der Waals surface area contributed by atoms with Crippen LogP contribution in [0.2, 0.25) is 0 Å². The lowest BCUT2D eigenvalue weighted by Crippen LogP contribution is -2.49. The smallest absolute Gasteiger partial charge is 0.219 e. The zero-order valence-electron chi connectivity index (χ0n) is 15.4. The molecule has 0 aliphatic heterocycles. The molecule has 1 aromatic carbocycles. The van der Waals surface area contributed by atoms with E-state index in [-0.39, 0.29) is 24.6 Å². The third-order valence-corrected chi connectivity index (χ3v) is 4.53. The molecule has 6 nitrogen and oxygen atoms in total. The van der Waals surface area contributed by atoms with Crippen LogP contribution in [0.5, 0.6) is 5.75 Å². The van der Waals surface area contributed by atoms with E-state index in [1.165, 1.54) is 6.92 Å². The van der Waals surface area contributed by atoms with Gasteiger partial charge in [-0.1, -0.05) is 12.1 Å². The second-order valence-corrected chi connectivity index (χ2v) is 7.70. The summed E-state index contributed by atoms with van der Waals surface area (Å²) in [7, 11) is 0. The van der Waals surface area contributed by atoms with E-state index < -0.39 is 18.3 Å². The Morgan fingerprint density at radius 3 is 2.52 bits per heavy atom. The number of ether oxygens (including phenoxy) is 1. The minimum absolute atomic E-state index is 0.0506. The number of rotatable bonds is 5. The maximum Gasteiger partial charge on any atom is 0.219 e. The molecular formula is C19H29NO5. The predicted octanol–water partition coefficient (Wildman–Crippen LogP) is 0.894. The first-order valence-corrected chi connectivity index (χ1v) is 8.65. The summed E-state index contributed by atoms with van der Waals surface area (Å²) in [6, 6.07) is 5.54. The van der Waals surface area contributed by atoms with Crippen LogP contribution in [-0.4, -0.2) is 63.1 Å². The van der Waals surface area contributed by atoms with Crippen molar-refractivity contribution in [2.45, 2.75) is 64.4 Å². The fourth-order valence-electron chi connectivity index (χ4n) is 3.20. The Balaban J connectivity index is 2.02. The van der Waals surface area contributed by atoms with Crippen molar-refractivity contribution in [3.63, 3.8) is 0 Å². The second-order valence-electron chi connectivity index (χ2n) is 7.70. The molecule has 25 heavy (non-hydrogen) atoms. The first-order valence-electron chi connectivity index (χ1n) is 8.65. The minimum atomic E-state index is -0.821. The van der Waals surface area contributed by atoms with Crippen LogP contribution in [0.4, 0.5) is 0 Å². The molecular weight excluding hydrogens is 322 g/mol. The van der Waals surface area contributed by atoms with Gasteiger partial charge in [-0.3, -0.25) is 4.79 Å². The van der Waals surface area contributed by atoms with Crippen molar-refractivity contribution < 1.29 is 24.9 Å². The maximum atomic E-state index is 11.8. The average molecular weight is 351 g/mol. The number of carbonyl (C=O) groups excluding carboxylic acids is 1. The van der Waals surface area contributed by atoms with Crippen molar-refractivity contribution in [3.05, 3.63) is 29.3 Å². The molecule has 0 saturated heterocycles. The molecule has 1 aliphatic carbocycles. The Morgan fingerprint density at radius 1 is 1.28 bits per heavy atom. The predicted molar refractivity (Wildman–Crippen MR) is 94.5 cm³/mol. The van der Waals surface area contributed by atoms with E-state index in [9.17, 15) is 20.1 Å². The lowest BCUT2D eigenvalue weighted by atomic mass is 9.87. The highest BCUT2D eigenvalue weighted by Gasteiger charge is 2.28. The molecule has 0 heterocycles. The molecule has 1 aromatic rings. The second kappa shape index (κ2) is 7.72. The molecule has 3 atom stereocenters. The number of aliphatic hydroxyl groups is 3. The standard InChI is InChI=1S/C19H29NO5/c1-12(21)20(19(2,3)4)10-14(22)11-25-18-7-5-6-13-8-16(23)17(24)9-15(13)18/h5-7,14,16-17,22-24H,8-11H2,1-4H3. The number of carbonyl (C=O) groups is 1. The molecule has 0 fully saturated rings. The largest absolute Gasteiger partial charge is 0.491 e. The molecule has 0 saturated carbocycles. The van der Waals surface area contributed by atoms with Gasteiger partial charge in [0.05, 0.1) is 18.8 Å². The summed E-state index contributed by atoms with van der Waals surface area (Å²) in [6.07, 6.45) is -1.68. The van der Waals surface area contributed by atoms with Crippen LogP contribution in [0.3, 0.4) is 0 Å². The van der Waals surface area contributed by atoms with Gasteiger partial charge in [0, 0.05) is 30.9 Å². The summed E-state index contributed by atoms with van der Waals surface area (Å²) < 4.78 is 5.76. The van der Waals surface area contributed by atoms with Crippen LogP contribution >= 0.6 is 0 Å². The van der Waals surface area contributed by atoms with Gasteiger partial charge in [0.15, 0.2) is 0 Å². The van der Waals surface area contributed by atoms with E-state index in [2.05, 4.69) is 0 Å². The number of amides is 1. The van der Waals surface area contributed by atoms with Crippen LogP contribution in [0.15, 0.2) is 18.2 Å². The van der Waals surface area contributed by atoms with E-state index in [1.54, 1.807) is 11.0 Å². The number of β-amino-alcohol motifs (C(OH)–C–C–N with tert-alkyl or cyclic N) is 1. The number of aliphatic hydroxyl groups excluding tert-OH is 3. The SMILES string of the molecule is CC(=O)N(CC(O)COc1cccc2c1CC(O)C(O)C2)C(C)(C)C. The minimum Gasteiger partial charge on any atom is -0.491 e. The van der Waals surface area contributed by atoms with Gasteiger partial charge in [-0.15, -0.1) is 0 Å². The molecule has 1 amide bonds. The highest BCUT2D eigenvalue weighted by Crippen LogP contribution is 2.30. The van der Waals surface area contributed by atoms with Gasteiger partial charge < -0.3 is 25.0 Å². The van der Waals surface area contributed by atoms with Crippen molar-refractivity contribution in [2.24, 2.45) is 0 Å². The molecule has 3 unspecified atom stereocenters. The summed E-state index contributed by atoms with van der Waals surface area (Å²) in [5, 5.41) is 30.0. The first kappa shape index (κ1) is 19.7. The third-order valence-electron chi connectivity index (χ3n) is 4.53. The van der Waals surface area contributed by atoms with Crippen molar-refractivity contribution in [1.82, 2.24) is 4.90 Å². The summed E-state index contributed by atoms with van der Waals surface area (Å²) in [4.78, 5) is 13.4. The van der Waals surface area contributed by atoms with Crippen LogP contribution < -0.4 is 4.74 Å². The molecule has 0 spiro atoms. The van der Waals surface area contributed by atoms with E-state index in [4.69, 9.17) is 4.74 Å². The number of nitrogens with zero attached hydrogens (tertiary/aromatic N) is 1. The quantitative estimate of drug-likeness (QED) is 0.733. The monoisotopic (exact) mass is 351 g/mol. The van der Waals surface area contributed by atoms with Gasteiger partial charge in [0.2, 0.25) is 5.91 Å². The Kier molecular flexibility index (Phi) is 6.08. The molecule has 6 heteroatoms. The summed E-state index contributed by atoms with van der Waals surface area (Å²) >= 11 is 0. The molecule has 0 radical (unpaired) electrons. The Bertz CT molecular complexity index is 610. The van der Waals surface area contributed by atoms with Gasteiger partial charge in [0.1, 0.15) is 18.5 Å². The Hall–Kier alpha value is -1.63. The summed E-state index contributed by atoms with van der Waals surface area (Å²) in [5.74, 6) is 0.508. The average Bonchev–Trinajstić information content (AvgIpc) is 2.50. The zero-order valence-corrected chi connectivity index (χ0v) is 15.4. The Morgan fingerprint density at radius 2 is 1.92 bits per heavy atom. The molecule has 140 valence electrons. The van der Waals surface area contributed by atoms with E-state index in [1.807, 2.05) is 32.9 Å². The third kappa shape index (κ3) is 4.93. The molecule has 2 rings (SSSR count). The van der Waals surface area contributed by atoms with Gasteiger partial charge in [-0.25, -0.2) is 0 Å². The number of hydrogen-bond acceptors (Lipinski definition) is 5. The van der Waals surface area contributed by atoms with E-state index in [0.29, 0.717) is 18.6 Å². The summed E-state index contributed by atoms with van der Waals surface area (Å²) in [5.41, 5.74) is 1.44. The number of fused-ring (bicyclic) bond motifs is 1. The number of benzene rings is 1. The molecule has 0 aromatic heterocycles. The van der Waals surface area contributed by atoms with Gasteiger partial charge in [-0.2, -0.15) is 0 Å². The lowest BCUT2D eigenvalue weighted by Gasteiger charge is -2.36. The summed E-state index contributed by atoms with van der Waals surface area (Å²) in [6.45, 7) is 7.48. The highest BCUT2D eigenvalue weighted by atomic mass is 16.5. The molecule has 3 N–H and O–H groups in total. The van der Waals surface area contributed by atoms with Crippen LogP contribution in [0.1, 0.15) is 38.8 Å². The topological polar surface area (TPSA) is 90.2 Å². The van der Waals surface area contributed by atoms with Crippen molar-refractivity contribution in [1.29, 1.82) is 0 Å². The van der Waals surface area contributed by atoms with Crippen molar-refractivity contribution in [2.75, 3.05) is 13.2 Å². The highest BCUT2D eigenvalue weighted by molar-refractivity contribution is 5.74. The number of hydrogen-bond donors (Lipinski definition) is 3. The molecule has 1 aliphatic rings. The van der Waals surface area contributed by atoms with Crippen molar-refractivity contribution in [3.8, 4) is 5.75 Å². The lowest BCUT2D eigenvalue weighted by molar-refractivity contribution is -0.135. The van der Waals surface area contributed by atoms with Crippen LogP contribution in [-0.2, 0) is 17.6 Å².